The highest BCUT2D eigenvalue weighted by Gasteiger charge is 2.13. The molecule has 1 N–H and O–H groups in total. The van der Waals surface area contributed by atoms with Crippen molar-refractivity contribution in [3.8, 4) is 0 Å². The van der Waals surface area contributed by atoms with E-state index in [1.165, 1.54) is 0 Å². The van der Waals surface area contributed by atoms with Gasteiger partial charge in [-0.15, -0.1) is 12.4 Å². The molecule has 0 fully saturated rings. The molecule has 0 aliphatic carbocycles. The fraction of sp³-hybridized carbons (Fsp3) is 0.417. The number of hydrogen-bond donors (Lipinski definition) is 1. The molecule has 5 heteroatoms. The average molecular weight is 277 g/mol. The third-order valence-electron chi connectivity index (χ3n) is 2.37. The van der Waals surface area contributed by atoms with Gasteiger partial charge in [-0.2, -0.15) is 0 Å². The number of carbonyl (C=O) groups is 1. The molecular weight excluding hydrogens is 259 g/mol. The summed E-state index contributed by atoms with van der Waals surface area (Å²) in [5.74, 6) is 0.0621. The molecule has 1 aromatic rings. The molecule has 1 atom stereocenters. The third-order valence-corrected chi connectivity index (χ3v) is 2.74. The van der Waals surface area contributed by atoms with Gasteiger partial charge in [-0.25, -0.2) is 0 Å². The lowest BCUT2D eigenvalue weighted by Gasteiger charge is -2.18. The molecule has 3 nitrogen and oxygen atoms in total. The van der Waals surface area contributed by atoms with E-state index >= 15 is 0 Å². The summed E-state index contributed by atoms with van der Waals surface area (Å²) in [7, 11) is 3.49. The summed E-state index contributed by atoms with van der Waals surface area (Å²) in [6.07, 6.45) is 0. The third kappa shape index (κ3) is 4.94. The molecule has 0 radical (unpaired) electrons. The molecule has 1 rings (SSSR count). The SMILES string of the molecule is C[C@@H](NCc1ccccc1Cl)C(=O)N(C)C.Cl. The first kappa shape index (κ1) is 16.2. The maximum atomic E-state index is 11.6. The molecule has 0 aliphatic rings. The second-order valence-corrected chi connectivity index (χ2v) is 4.33. The van der Waals surface area contributed by atoms with Gasteiger partial charge >= 0.3 is 0 Å². The Kier molecular flexibility index (Phi) is 7.19. The van der Waals surface area contributed by atoms with Crippen LogP contribution in [0, 0.1) is 0 Å². The lowest BCUT2D eigenvalue weighted by atomic mass is 10.2. The molecule has 0 saturated carbocycles. The van der Waals surface area contributed by atoms with Gasteiger partial charge in [0.2, 0.25) is 5.91 Å². The Bertz CT molecular complexity index is 369. The zero-order valence-electron chi connectivity index (χ0n) is 10.2. The molecule has 96 valence electrons. The maximum absolute atomic E-state index is 11.6. The first-order valence-electron chi connectivity index (χ1n) is 5.20. The van der Waals surface area contributed by atoms with Gasteiger partial charge in [-0.05, 0) is 18.6 Å². The van der Waals surface area contributed by atoms with Gasteiger partial charge < -0.3 is 10.2 Å². The lowest BCUT2D eigenvalue weighted by Crippen LogP contribution is -2.41. The van der Waals surface area contributed by atoms with E-state index in [9.17, 15) is 4.79 Å². The predicted octanol–water partition coefficient (Wildman–Crippen LogP) is 2.33. The van der Waals surface area contributed by atoms with Crippen molar-refractivity contribution < 1.29 is 4.79 Å². The van der Waals surface area contributed by atoms with Crippen LogP contribution in [0.25, 0.3) is 0 Å². The molecule has 0 unspecified atom stereocenters. The minimum absolute atomic E-state index is 0. The number of nitrogens with one attached hydrogen (secondary N) is 1. The number of nitrogens with zero attached hydrogens (tertiary/aromatic N) is 1. The van der Waals surface area contributed by atoms with E-state index in [1.807, 2.05) is 31.2 Å². The normalized spacial score (nSPS) is 11.5. The van der Waals surface area contributed by atoms with Crippen molar-refractivity contribution in [2.45, 2.75) is 19.5 Å². The van der Waals surface area contributed by atoms with Gasteiger partial charge in [-0.3, -0.25) is 4.79 Å². The summed E-state index contributed by atoms with van der Waals surface area (Å²) in [5, 5.41) is 3.87. The zero-order chi connectivity index (χ0) is 12.1. The van der Waals surface area contributed by atoms with Crippen molar-refractivity contribution in [2.24, 2.45) is 0 Å². The van der Waals surface area contributed by atoms with Gasteiger partial charge in [0.25, 0.3) is 0 Å². The van der Waals surface area contributed by atoms with Crippen LogP contribution in [0.15, 0.2) is 24.3 Å². The van der Waals surface area contributed by atoms with Gasteiger partial charge in [0.1, 0.15) is 0 Å². The van der Waals surface area contributed by atoms with Gasteiger partial charge in [0, 0.05) is 25.7 Å². The number of halogens is 2. The van der Waals surface area contributed by atoms with Crippen LogP contribution in [0.5, 0.6) is 0 Å². The molecule has 0 aromatic heterocycles. The summed E-state index contributed by atoms with van der Waals surface area (Å²) < 4.78 is 0. The van der Waals surface area contributed by atoms with Crippen molar-refractivity contribution in [1.29, 1.82) is 0 Å². The molecule has 0 heterocycles. The Labute approximate surface area is 114 Å². The van der Waals surface area contributed by atoms with Crippen LogP contribution in [0.4, 0.5) is 0 Å². The Morgan fingerprint density at radius 3 is 2.53 bits per heavy atom. The first-order chi connectivity index (χ1) is 7.52. The Morgan fingerprint density at radius 1 is 1.41 bits per heavy atom. The van der Waals surface area contributed by atoms with Crippen LogP contribution < -0.4 is 5.32 Å². The van der Waals surface area contributed by atoms with E-state index in [-0.39, 0.29) is 24.4 Å². The number of amides is 1. The van der Waals surface area contributed by atoms with Gasteiger partial charge in [0.15, 0.2) is 0 Å². The molecular formula is C12H18Cl2N2O. The predicted molar refractivity (Wildman–Crippen MR) is 73.7 cm³/mol. The highest BCUT2D eigenvalue weighted by molar-refractivity contribution is 6.31. The van der Waals surface area contributed by atoms with Crippen LogP contribution in [0.2, 0.25) is 5.02 Å². The number of likely N-dealkylation sites (N-methyl/N-ethyl adjacent to an activating group) is 1. The van der Waals surface area contributed by atoms with Crippen LogP contribution in [0.1, 0.15) is 12.5 Å². The van der Waals surface area contributed by atoms with E-state index in [1.54, 1.807) is 19.0 Å². The Morgan fingerprint density at radius 2 is 2.00 bits per heavy atom. The van der Waals surface area contributed by atoms with E-state index in [4.69, 9.17) is 11.6 Å². The fourth-order valence-corrected chi connectivity index (χ4v) is 1.58. The second-order valence-electron chi connectivity index (χ2n) is 3.93. The smallest absolute Gasteiger partial charge is 0.238 e. The summed E-state index contributed by atoms with van der Waals surface area (Å²) in [5.41, 5.74) is 1.00. The molecule has 1 amide bonds. The van der Waals surface area contributed by atoms with Crippen molar-refractivity contribution >= 4 is 29.9 Å². The van der Waals surface area contributed by atoms with Crippen molar-refractivity contribution in [3.63, 3.8) is 0 Å². The highest BCUT2D eigenvalue weighted by atomic mass is 35.5. The molecule has 0 bridgehead atoms. The molecule has 17 heavy (non-hydrogen) atoms. The van der Waals surface area contributed by atoms with Crippen molar-refractivity contribution in [2.75, 3.05) is 14.1 Å². The van der Waals surface area contributed by atoms with E-state index in [0.29, 0.717) is 6.54 Å². The molecule has 0 aliphatic heterocycles. The van der Waals surface area contributed by atoms with Crippen LogP contribution in [-0.2, 0) is 11.3 Å². The summed E-state index contributed by atoms with van der Waals surface area (Å²) in [6.45, 7) is 2.44. The van der Waals surface area contributed by atoms with Gasteiger partial charge in [0.05, 0.1) is 6.04 Å². The largest absolute Gasteiger partial charge is 0.347 e. The fourth-order valence-electron chi connectivity index (χ4n) is 1.38. The van der Waals surface area contributed by atoms with Crippen LogP contribution in [-0.4, -0.2) is 30.9 Å². The molecule has 0 saturated heterocycles. The van der Waals surface area contributed by atoms with Gasteiger partial charge in [-0.1, -0.05) is 29.8 Å². The van der Waals surface area contributed by atoms with Crippen molar-refractivity contribution in [3.05, 3.63) is 34.9 Å². The van der Waals surface area contributed by atoms with E-state index in [2.05, 4.69) is 5.32 Å². The monoisotopic (exact) mass is 276 g/mol. The van der Waals surface area contributed by atoms with Crippen molar-refractivity contribution in [1.82, 2.24) is 10.2 Å². The van der Waals surface area contributed by atoms with Crippen LogP contribution in [0.3, 0.4) is 0 Å². The highest BCUT2D eigenvalue weighted by Crippen LogP contribution is 2.14. The first-order valence-corrected chi connectivity index (χ1v) is 5.58. The maximum Gasteiger partial charge on any atom is 0.238 e. The molecule has 1 aromatic carbocycles. The number of hydrogen-bond acceptors (Lipinski definition) is 2. The number of carbonyl (C=O) groups excluding carboxylic acids is 1. The Balaban J connectivity index is 0.00000256. The quantitative estimate of drug-likeness (QED) is 0.916. The minimum atomic E-state index is -0.203. The Hall–Kier alpha value is -0.770. The zero-order valence-corrected chi connectivity index (χ0v) is 11.8. The second kappa shape index (κ2) is 7.54. The van der Waals surface area contributed by atoms with E-state index in [0.717, 1.165) is 10.6 Å². The minimum Gasteiger partial charge on any atom is -0.347 e. The summed E-state index contributed by atoms with van der Waals surface area (Å²) >= 11 is 6.01. The van der Waals surface area contributed by atoms with Crippen LogP contribution >= 0.6 is 24.0 Å². The molecule has 0 spiro atoms. The standard InChI is InChI=1S/C12H17ClN2O.ClH/c1-9(12(16)15(2)3)14-8-10-6-4-5-7-11(10)13;/h4-7,9,14H,8H2,1-3H3;1H/t9-;/m1./s1. The van der Waals surface area contributed by atoms with E-state index < -0.39 is 0 Å². The topological polar surface area (TPSA) is 32.3 Å². The lowest BCUT2D eigenvalue weighted by molar-refractivity contribution is -0.130. The number of rotatable bonds is 4. The number of benzene rings is 1. The summed E-state index contributed by atoms with van der Waals surface area (Å²) in [4.78, 5) is 13.2. The average Bonchev–Trinajstić information content (AvgIpc) is 2.26. The summed E-state index contributed by atoms with van der Waals surface area (Å²) in [6, 6.07) is 7.41.